The molecule has 0 atom stereocenters. The quantitative estimate of drug-likeness (QED) is 0.545. The van der Waals surface area contributed by atoms with Gasteiger partial charge in [0.15, 0.2) is 11.8 Å². The second-order valence-corrected chi connectivity index (χ2v) is 12.3. The highest BCUT2D eigenvalue weighted by Crippen LogP contribution is 2.63. The van der Waals surface area contributed by atoms with Gasteiger partial charge in [-0.05, 0) is 36.4 Å². The van der Waals surface area contributed by atoms with Crippen LogP contribution in [0.1, 0.15) is 20.8 Å². The van der Waals surface area contributed by atoms with Gasteiger partial charge in [0.2, 0.25) is 11.3 Å². The molecule has 3 aromatic rings. The zero-order valence-corrected chi connectivity index (χ0v) is 20.8. The third-order valence-corrected chi connectivity index (χ3v) is 9.72. The molecule has 0 bridgehead atoms. The molecule has 0 saturated carbocycles. The summed E-state index contributed by atoms with van der Waals surface area (Å²) in [6.45, 7) is 5.61. The molecule has 31 heavy (non-hydrogen) atoms. The highest BCUT2D eigenvalue weighted by atomic mass is 35.5. The predicted octanol–water partition coefficient (Wildman–Crippen LogP) is 2.75. The summed E-state index contributed by atoms with van der Waals surface area (Å²) in [5.41, 5.74) is -0.0526. The van der Waals surface area contributed by atoms with Crippen molar-refractivity contribution in [3.05, 3.63) is 101 Å². The minimum absolute atomic E-state index is 0. The van der Waals surface area contributed by atoms with Gasteiger partial charge in [-0.15, -0.1) is 0 Å². The normalized spacial score (nSPS) is 11.3. The lowest BCUT2D eigenvalue weighted by Gasteiger charge is -2.30. The van der Waals surface area contributed by atoms with Crippen molar-refractivity contribution in [1.82, 2.24) is 5.32 Å². The fourth-order valence-electron chi connectivity index (χ4n) is 3.34. The van der Waals surface area contributed by atoms with Gasteiger partial charge < -0.3 is 12.4 Å². The number of nitrogens with one attached hydrogen (secondary N) is 1. The molecule has 0 aromatic heterocycles. The van der Waals surface area contributed by atoms with Crippen LogP contribution in [0.25, 0.3) is 0 Å². The van der Waals surface area contributed by atoms with Crippen molar-refractivity contribution < 1.29 is 17.2 Å². The van der Waals surface area contributed by atoms with Crippen molar-refractivity contribution >= 4 is 52.3 Å². The average Bonchev–Trinajstić information content (AvgIpc) is 2.75. The van der Waals surface area contributed by atoms with Crippen molar-refractivity contribution in [1.29, 1.82) is 0 Å². The molecule has 0 saturated heterocycles. The number of carbonyl (C=O) groups is 1. The van der Waals surface area contributed by atoms with Crippen LogP contribution in [0.15, 0.2) is 101 Å². The third-order valence-electron chi connectivity index (χ3n) is 4.86. The molecule has 0 aliphatic heterocycles. The highest BCUT2D eigenvalue weighted by molar-refractivity contribution is 7.99. The molecule has 0 aliphatic rings. The number of halogens is 3. The number of hydrogen-bond donors (Lipinski definition) is 1. The second kappa shape index (κ2) is 10.7. The van der Waals surface area contributed by atoms with E-state index in [0.29, 0.717) is 5.44 Å². The summed E-state index contributed by atoms with van der Waals surface area (Å²) < 4.78 is 0.0671. The number of hydrogen-bond acceptors (Lipinski definition) is 1. The maximum Gasteiger partial charge on any atom is 0.232 e. The molecule has 3 rings (SSSR count). The van der Waals surface area contributed by atoms with Gasteiger partial charge in [0.25, 0.3) is 0 Å². The van der Waals surface area contributed by atoms with Crippen LogP contribution in [0.5, 0.6) is 0 Å². The molecule has 0 radical (unpaired) electrons. The molecule has 0 fully saturated rings. The van der Waals surface area contributed by atoms with Gasteiger partial charge in [-0.2, -0.15) is 0 Å². The molecule has 0 spiro atoms. The summed E-state index contributed by atoms with van der Waals surface area (Å²) in [4.78, 5) is 13.1. The first-order chi connectivity index (χ1) is 14.3. The lowest BCUT2D eigenvalue weighted by molar-refractivity contribution is -0.127. The molecule has 0 heterocycles. The Hall–Kier alpha value is -1.83. The Morgan fingerprint density at radius 1 is 0.710 bits per heavy atom. The van der Waals surface area contributed by atoms with Gasteiger partial charge in [0.05, 0.1) is 0 Å². The summed E-state index contributed by atoms with van der Waals surface area (Å²) in [6, 6.07) is 30.4. The van der Waals surface area contributed by atoms with Crippen molar-refractivity contribution in [2.75, 3.05) is 0 Å². The smallest absolute Gasteiger partial charge is 0.232 e. The van der Waals surface area contributed by atoms with E-state index in [1.807, 2.05) is 75.4 Å². The molecule has 1 N–H and O–H groups in total. The lowest BCUT2D eigenvalue weighted by Crippen LogP contribution is -3.00. The summed E-state index contributed by atoms with van der Waals surface area (Å²) in [6.07, 6.45) is 0. The Labute approximate surface area is 201 Å². The molecule has 162 valence electrons. The molecule has 1 amide bonds. The number of amides is 1. The van der Waals surface area contributed by atoms with Crippen LogP contribution in [0.2, 0.25) is 0 Å². The van der Waals surface area contributed by atoms with Crippen LogP contribution < -0.4 is 33.6 Å². The van der Waals surface area contributed by atoms with E-state index in [4.69, 9.17) is 23.2 Å². The van der Waals surface area contributed by atoms with Crippen LogP contribution >= 0.6 is 30.5 Å². The van der Waals surface area contributed by atoms with Gasteiger partial charge in [-0.25, -0.2) is 0 Å². The van der Waals surface area contributed by atoms with Crippen LogP contribution in [0.4, 0.5) is 0 Å². The molecule has 6 heteroatoms. The molecule has 0 aliphatic carbocycles. The van der Waals surface area contributed by atoms with Crippen LogP contribution in [-0.4, -0.2) is 5.91 Å². The summed E-state index contributed by atoms with van der Waals surface area (Å²) in [5, 5.41) is 6.30. The van der Waals surface area contributed by atoms with Gasteiger partial charge in [0.1, 0.15) is 15.9 Å². The second-order valence-electron chi connectivity index (χ2n) is 7.99. The molecular formula is C25H25Cl3NOP. The predicted molar refractivity (Wildman–Crippen MR) is 131 cm³/mol. The zero-order valence-electron chi connectivity index (χ0n) is 17.6. The first-order valence-corrected chi connectivity index (χ1v) is 12.3. The number of carbonyl (C=O) groups excluding carboxylic acids is 1. The van der Waals surface area contributed by atoms with E-state index in [9.17, 15) is 4.79 Å². The Morgan fingerprint density at radius 3 is 1.29 bits per heavy atom. The molecular weight excluding hydrogens is 468 g/mol. The van der Waals surface area contributed by atoms with Crippen molar-refractivity contribution in [2.45, 2.75) is 20.8 Å². The number of rotatable bonds is 5. The van der Waals surface area contributed by atoms with Gasteiger partial charge in [0, 0.05) is 5.41 Å². The van der Waals surface area contributed by atoms with Gasteiger partial charge in [-0.1, -0.05) is 98.6 Å². The van der Waals surface area contributed by atoms with Crippen LogP contribution in [0.3, 0.4) is 0 Å². The lowest BCUT2D eigenvalue weighted by atomic mass is 9.96. The molecule has 0 unspecified atom stereocenters. The van der Waals surface area contributed by atoms with Crippen molar-refractivity contribution in [2.24, 2.45) is 5.41 Å². The van der Waals surface area contributed by atoms with E-state index in [2.05, 4.69) is 41.7 Å². The highest BCUT2D eigenvalue weighted by Gasteiger charge is 2.52. The zero-order chi connectivity index (χ0) is 21.8. The summed E-state index contributed by atoms with van der Waals surface area (Å²) in [7, 11) is -2.56. The Bertz CT molecular complexity index is 932. The van der Waals surface area contributed by atoms with Gasteiger partial charge in [-0.3, -0.25) is 10.1 Å². The minimum atomic E-state index is -2.56. The molecule has 2 nitrogen and oxygen atoms in total. The van der Waals surface area contributed by atoms with E-state index in [1.165, 1.54) is 0 Å². The largest absolute Gasteiger partial charge is 1.00 e. The van der Waals surface area contributed by atoms with Crippen LogP contribution in [0, 0.1) is 5.41 Å². The standard InChI is InChI=1S/C25H24Cl2NOP.ClH/c1-25(2,3)24(29)28-23(22(26)27)30(19-13-7-4-8-14-19,20-15-9-5-10-16-20)21-17-11-6-12-18-21;/h4-18H,1-3H3;1H. The first kappa shape index (κ1) is 25.4. The Kier molecular flexibility index (Phi) is 8.74. The van der Waals surface area contributed by atoms with Crippen LogP contribution in [-0.2, 0) is 4.79 Å². The maximum absolute atomic E-state index is 13.1. The van der Waals surface area contributed by atoms with Crippen molar-refractivity contribution in [3.8, 4) is 0 Å². The van der Waals surface area contributed by atoms with E-state index in [1.54, 1.807) is 0 Å². The fourth-order valence-corrected chi connectivity index (χ4v) is 8.25. The van der Waals surface area contributed by atoms with E-state index >= 15 is 0 Å². The van der Waals surface area contributed by atoms with E-state index < -0.39 is 12.7 Å². The third kappa shape index (κ3) is 5.33. The maximum atomic E-state index is 13.1. The van der Waals surface area contributed by atoms with Crippen molar-refractivity contribution in [3.63, 3.8) is 0 Å². The monoisotopic (exact) mass is 491 g/mol. The number of benzene rings is 3. The average molecular weight is 493 g/mol. The Balaban J connectivity index is 0.00000341. The first-order valence-electron chi connectivity index (χ1n) is 9.71. The summed E-state index contributed by atoms with van der Waals surface area (Å²) in [5.74, 6) is -0.136. The topological polar surface area (TPSA) is 29.1 Å². The minimum Gasteiger partial charge on any atom is -1.00 e. The molecule has 3 aromatic carbocycles. The van der Waals surface area contributed by atoms with Gasteiger partial charge >= 0.3 is 0 Å². The SMILES string of the molecule is CC(C)(C)C(=O)NC(=C(Cl)Cl)[P+](c1ccccc1)(c1ccccc1)c1ccccc1.[Cl-]. The fraction of sp³-hybridized carbons (Fsp3) is 0.160. The van der Waals surface area contributed by atoms with E-state index in [0.717, 1.165) is 15.9 Å². The van der Waals surface area contributed by atoms with E-state index in [-0.39, 0.29) is 22.8 Å². The Morgan fingerprint density at radius 2 is 1.03 bits per heavy atom. The summed E-state index contributed by atoms with van der Waals surface area (Å²) >= 11 is 13.1.